The highest BCUT2D eigenvalue weighted by molar-refractivity contribution is 6.31. The monoisotopic (exact) mass is 385 g/mol. The molecule has 3 rings (SSSR count). The van der Waals surface area contributed by atoms with Gasteiger partial charge < -0.3 is 11.5 Å². The van der Waals surface area contributed by atoms with Gasteiger partial charge in [-0.05, 0) is 0 Å². The van der Waals surface area contributed by atoms with E-state index in [-0.39, 0.29) is 30.5 Å². The number of H-pyrrole nitrogens is 3. The Hall–Kier alpha value is -2.50. The molecule has 0 saturated heterocycles. The van der Waals surface area contributed by atoms with E-state index in [9.17, 15) is 10.1 Å². The van der Waals surface area contributed by atoms with Crippen LogP contribution in [0.1, 0.15) is 0 Å². The standard InChI is InChI=1S/C3H4ClN3.C3H3N3O2.C3H5N3.2ClH/c4-3-2(5)1-6-7-3;7-6(8)3-1-4-5-2-3;4-3-1-5-6-2-3;;/h1H,5H2,(H,6,7);1-2H,(H,4,5);1-2H,4H2,(H,5,6);2*1H. The summed E-state index contributed by atoms with van der Waals surface area (Å²) in [4.78, 5) is 9.30. The van der Waals surface area contributed by atoms with Crippen LogP contribution >= 0.6 is 36.4 Å². The van der Waals surface area contributed by atoms with E-state index in [1.54, 1.807) is 12.4 Å². The van der Waals surface area contributed by atoms with E-state index in [0.717, 1.165) is 6.20 Å². The smallest absolute Gasteiger partial charge is 0.306 e. The molecule has 0 unspecified atom stereocenters. The molecule has 0 saturated carbocycles. The molecule has 0 bridgehead atoms. The van der Waals surface area contributed by atoms with E-state index in [1.807, 2.05) is 0 Å². The number of nitrogens with zero attached hydrogens (tertiary/aromatic N) is 4. The molecule has 0 radical (unpaired) electrons. The Morgan fingerprint density at radius 3 is 1.83 bits per heavy atom. The van der Waals surface area contributed by atoms with Crippen molar-refractivity contribution in [2.45, 2.75) is 0 Å². The maximum absolute atomic E-state index is 9.81. The van der Waals surface area contributed by atoms with Crippen molar-refractivity contribution in [3.63, 3.8) is 0 Å². The number of rotatable bonds is 1. The molecule has 0 atom stereocenters. The van der Waals surface area contributed by atoms with E-state index >= 15 is 0 Å². The molecule has 0 aliphatic heterocycles. The minimum Gasteiger partial charge on any atom is -0.396 e. The van der Waals surface area contributed by atoms with Crippen LogP contribution in [0.4, 0.5) is 17.1 Å². The second kappa shape index (κ2) is 12.1. The molecule has 0 aliphatic carbocycles. The zero-order valence-corrected chi connectivity index (χ0v) is 13.7. The SMILES string of the molecule is Cl.Cl.Nc1cn[nH]c1.Nc1cn[nH]c1Cl.O=[N+]([O-])c1cn[nH]c1. The van der Waals surface area contributed by atoms with Crippen LogP contribution in [-0.4, -0.2) is 35.5 Å². The zero-order valence-electron chi connectivity index (χ0n) is 11.3. The van der Waals surface area contributed by atoms with E-state index in [1.165, 1.54) is 12.4 Å². The van der Waals surface area contributed by atoms with Crippen molar-refractivity contribution >= 4 is 53.5 Å². The highest BCUT2D eigenvalue weighted by Gasteiger charge is 2.02. The van der Waals surface area contributed by atoms with Crippen LogP contribution < -0.4 is 11.5 Å². The van der Waals surface area contributed by atoms with Gasteiger partial charge >= 0.3 is 5.69 Å². The first-order chi connectivity index (χ1) is 10.0. The number of anilines is 2. The molecule has 11 nitrogen and oxygen atoms in total. The maximum atomic E-state index is 9.81. The van der Waals surface area contributed by atoms with Gasteiger partial charge in [-0.2, -0.15) is 15.3 Å². The van der Waals surface area contributed by atoms with Gasteiger partial charge in [0.15, 0.2) is 0 Å². The highest BCUT2D eigenvalue weighted by atomic mass is 35.5. The summed E-state index contributed by atoms with van der Waals surface area (Å²) in [5, 5.41) is 28.0. The molecule has 0 fully saturated rings. The predicted octanol–water partition coefficient (Wildman–Crippen LogP) is 1.80. The normalized spacial score (nSPS) is 8.22. The molecule has 14 heteroatoms. The molecule has 3 aromatic rings. The first kappa shape index (κ1) is 22.8. The predicted molar refractivity (Wildman–Crippen MR) is 90.7 cm³/mol. The fourth-order valence-electron chi connectivity index (χ4n) is 0.885. The lowest BCUT2D eigenvalue weighted by Gasteiger charge is -1.76. The summed E-state index contributed by atoms with van der Waals surface area (Å²) in [5.41, 5.74) is 11.6. The molecule has 3 aromatic heterocycles. The molecule has 0 amide bonds. The molecule has 23 heavy (non-hydrogen) atoms. The number of nitro groups is 1. The molecule has 0 aliphatic rings. The third-order valence-corrected chi connectivity index (χ3v) is 2.14. The molecular weight excluding hydrogens is 373 g/mol. The summed E-state index contributed by atoms with van der Waals surface area (Å²) in [7, 11) is 0. The summed E-state index contributed by atoms with van der Waals surface area (Å²) >= 11 is 5.38. The van der Waals surface area contributed by atoms with Gasteiger partial charge in [0.1, 0.15) is 11.3 Å². The van der Waals surface area contributed by atoms with Gasteiger partial charge in [0.25, 0.3) is 0 Å². The number of hydrogen-bond acceptors (Lipinski definition) is 7. The van der Waals surface area contributed by atoms with E-state index < -0.39 is 4.92 Å². The Balaban J connectivity index is 0. The van der Waals surface area contributed by atoms with Gasteiger partial charge in [-0.25, -0.2) is 0 Å². The van der Waals surface area contributed by atoms with Crippen LogP contribution in [0.3, 0.4) is 0 Å². The topological polar surface area (TPSA) is 181 Å². The summed E-state index contributed by atoms with van der Waals surface area (Å²) < 4.78 is 0. The van der Waals surface area contributed by atoms with Crippen molar-refractivity contribution in [3.8, 4) is 0 Å². The Morgan fingerprint density at radius 1 is 1.04 bits per heavy atom. The lowest BCUT2D eigenvalue weighted by Crippen LogP contribution is -1.82. The quantitative estimate of drug-likeness (QED) is 0.312. The third kappa shape index (κ3) is 9.18. The summed E-state index contributed by atoms with van der Waals surface area (Å²) in [6, 6.07) is 0. The van der Waals surface area contributed by atoms with Crippen LogP contribution in [0, 0.1) is 10.1 Å². The third-order valence-electron chi connectivity index (χ3n) is 1.83. The van der Waals surface area contributed by atoms with Gasteiger partial charge in [-0.3, -0.25) is 25.4 Å². The molecule has 3 heterocycles. The fourth-order valence-corrected chi connectivity index (χ4v) is 0.982. The number of nitrogens with one attached hydrogen (secondary N) is 3. The van der Waals surface area contributed by atoms with Crippen molar-refractivity contribution in [1.82, 2.24) is 30.6 Å². The maximum Gasteiger partial charge on any atom is 0.306 e. The van der Waals surface area contributed by atoms with Crippen LogP contribution in [-0.2, 0) is 0 Å². The number of aromatic nitrogens is 6. The van der Waals surface area contributed by atoms with Gasteiger partial charge in [0.05, 0.1) is 34.9 Å². The Labute approximate surface area is 147 Å². The van der Waals surface area contributed by atoms with Crippen molar-refractivity contribution < 1.29 is 4.92 Å². The van der Waals surface area contributed by atoms with Gasteiger partial charge in [-0.15, -0.1) is 24.8 Å². The van der Waals surface area contributed by atoms with Crippen LogP contribution in [0.5, 0.6) is 0 Å². The molecule has 0 aromatic carbocycles. The second-order valence-electron chi connectivity index (χ2n) is 3.38. The summed E-state index contributed by atoms with van der Waals surface area (Å²) in [6.45, 7) is 0. The summed E-state index contributed by atoms with van der Waals surface area (Å²) in [6.07, 6.45) is 7.02. The van der Waals surface area contributed by atoms with Crippen LogP contribution in [0.15, 0.2) is 31.0 Å². The average molecular weight is 387 g/mol. The molecule has 0 spiro atoms. The van der Waals surface area contributed by atoms with Gasteiger partial charge in [0.2, 0.25) is 0 Å². The molecule has 7 N–H and O–H groups in total. The lowest BCUT2D eigenvalue weighted by atomic mass is 10.6. The van der Waals surface area contributed by atoms with E-state index in [0.29, 0.717) is 16.5 Å². The van der Waals surface area contributed by atoms with E-state index in [4.69, 9.17) is 23.1 Å². The Bertz CT molecular complexity index is 625. The van der Waals surface area contributed by atoms with Crippen molar-refractivity contribution in [3.05, 3.63) is 46.3 Å². The summed E-state index contributed by atoms with van der Waals surface area (Å²) in [5.74, 6) is 0. The Morgan fingerprint density at radius 2 is 1.65 bits per heavy atom. The number of nitrogen functional groups attached to an aromatic ring is 2. The fraction of sp³-hybridized carbons (Fsp3) is 0. The van der Waals surface area contributed by atoms with Crippen LogP contribution in [0.2, 0.25) is 5.15 Å². The first-order valence-corrected chi connectivity index (χ1v) is 5.70. The number of aromatic amines is 3. The lowest BCUT2D eigenvalue weighted by molar-refractivity contribution is -0.384. The minimum absolute atomic E-state index is 0. The molecular formula is C9H14Cl3N9O2. The van der Waals surface area contributed by atoms with Crippen molar-refractivity contribution in [2.75, 3.05) is 11.5 Å². The Kier molecular flexibility index (Phi) is 12.0. The number of halogens is 3. The largest absolute Gasteiger partial charge is 0.396 e. The molecule has 128 valence electrons. The highest BCUT2D eigenvalue weighted by Crippen LogP contribution is 2.10. The van der Waals surface area contributed by atoms with Gasteiger partial charge in [0, 0.05) is 6.20 Å². The zero-order chi connectivity index (χ0) is 15.7. The van der Waals surface area contributed by atoms with Crippen molar-refractivity contribution in [2.24, 2.45) is 0 Å². The number of hydrogen-bond donors (Lipinski definition) is 5. The average Bonchev–Trinajstić information content (AvgIpc) is 3.16. The first-order valence-electron chi connectivity index (χ1n) is 5.32. The second-order valence-corrected chi connectivity index (χ2v) is 3.76. The van der Waals surface area contributed by atoms with Crippen molar-refractivity contribution in [1.29, 1.82) is 0 Å². The van der Waals surface area contributed by atoms with Gasteiger partial charge in [-0.1, -0.05) is 11.6 Å². The minimum atomic E-state index is -0.510. The number of nitrogens with two attached hydrogens (primary N) is 2. The van der Waals surface area contributed by atoms with E-state index in [2.05, 4.69) is 30.6 Å². The van der Waals surface area contributed by atoms with Crippen LogP contribution in [0.25, 0.3) is 0 Å².